The van der Waals surface area contributed by atoms with Crippen LogP contribution in [0.5, 0.6) is 0 Å². The van der Waals surface area contributed by atoms with Crippen LogP contribution in [0.3, 0.4) is 0 Å². The van der Waals surface area contributed by atoms with Gasteiger partial charge in [-0.05, 0) is 32.9 Å². The van der Waals surface area contributed by atoms with Gasteiger partial charge in [0.2, 0.25) is 0 Å². The second-order valence-electron chi connectivity index (χ2n) is 6.45. The summed E-state index contributed by atoms with van der Waals surface area (Å²) in [6.45, 7) is 7.20. The van der Waals surface area contributed by atoms with Gasteiger partial charge in [0.25, 0.3) is 0 Å². The highest BCUT2D eigenvalue weighted by Crippen LogP contribution is 2.22. The lowest BCUT2D eigenvalue weighted by atomic mass is 10.1. The third kappa shape index (κ3) is 4.35. The van der Waals surface area contributed by atoms with Crippen molar-refractivity contribution in [3.63, 3.8) is 0 Å². The topological polar surface area (TPSA) is 78.2 Å². The summed E-state index contributed by atoms with van der Waals surface area (Å²) in [6.07, 6.45) is 2.70. The molecule has 0 spiro atoms. The quantitative estimate of drug-likeness (QED) is 0.908. The van der Waals surface area contributed by atoms with Gasteiger partial charge in [-0.2, -0.15) is 5.26 Å². The van der Waals surface area contributed by atoms with Crippen molar-refractivity contribution in [2.75, 3.05) is 18.0 Å². The van der Waals surface area contributed by atoms with Gasteiger partial charge < -0.3 is 15.0 Å². The number of piperidine rings is 1. The molecule has 1 aliphatic heterocycles. The lowest BCUT2D eigenvalue weighted by Crippen LogP contribution is -2.44. The average Bonchev–Trinajstić information content (AvgIpc) is 2.46. The highest BCUT2D eigenvalue weighted by atomic mass is 16.6. The molecular formula is C16H22N4O2. The molecule has 1 aromatic rings. The van der Waals surface area contributed by atoms with Crippen LogP contribution in [0.25, 0.3) is 0 Å². The summed E-state index contributed by atoms with van der Waals surface area (Å²) in [4.78, 5) is 18.1. The summed E-state index contributed by atoms with van der Waals surface area (Å²) in [5, 5.41) is 11.9. The first kappa shape index (κ1) is 16.1. The van der Waals surface area contributed by atoms with Crippen molar-refractivity contribution in [1.29, 1.82) is 5.26 Å². The number of ether oxygens (including phenoxy) is 1. The van der Waals surface area contributed by atoms with Crippen molar-refractivity contribution in [2.24, 2.45) is 0 Å². The molecule has 118 valence electrons. The van der Waals surface area contributed by atoms with Gasteiger partial charge in [-0.1, -0.05) is 0 Å². The maximum Gasteiger partial charge on any atom is 0.407 e. The van der Waals surface area contributed by atoms with Crippen LogP contribution in [-0.2, 0) is 4.74 Å². The van der Waals surface area contributed by atoms with Crippen LogP contribution in [0.1, 0.15) is 39.2 Å². The first-order valence-electron chi connectivity index (χ1n) is 7.48. The average molecular weight is 302 g/mol. The maximum atomic E-state index is 11.8. The molecule has 2 rings (SSSR count). The van der Waals surface area contributed by atoms with Crippen molar-refractivity contribution in [1.82, 2.24) is 10.3 Å². The number of hydrogen-bond acceptors (Lipinski definition) is 5. The van der Waals surface area contributed by atoms with Crippen molar-refractivity contribution in [2.45, 2.75) is 45.3 Å². The predicted octanol–water partition coefficient (Wildman–Crippen LogP) is 2.45. The molecule has 0 radical (unpaired) electrons. The number of hydrogen-bond donors (Lipinski definition) is 1. The highest BCUT2D eigenvalue weighted by Gasteiger charge is 2.25. The largest absolute Gasteiger partial charge is 0.446 e. The fourth-order valence-corrected chi connectivity index (χ4v) is 2.41. The Hall–Kier alpha value is -2.29. The summed E-state index contributed by atoms with van der Waals surface area (Å²) in [7, 11) is 0. The smallest absolute Gasteiger partial charge is 0.407 e. The number of alkyl carbamates (subject to hydrolysis) is 1. The first-order chi connectivity index (χ1) is 10.4. The number of nitrogens with zero attached hydrogens (tertiary/aromatic N) is 3. The summed E-state index contributed by atoms with van der Waals surface area (Å²) in [6, 6.07) is 5.69. The Morgan fingerprint density at radius 3 is 2.73 bits per heavy atom. The third-order valence-corrected chi connectivity index (χ3v) is 3.40. The Balaban J connectivity index is 1.88. The van der Waals surface area contributed by atoms with Crippen molar-refractivity contribution in [3.05, 3.63) is 23.9 Å². The van der Waals surface area contributed by atoms with E-state index in [1.807, 2.05) is 20.8 Å². The zero-order valence-corrected chi connectivity index (χ0v) is 13.3. The second kappa shape index (κ2) is 6.65. The number of rotatable bonds is 2. The number of amides is 1. The Labute approximate surface area is 131 Å². The lowest BCUT2D eigenvalue weighted by Gasteiger charge is -2.33. The molecule has 1 aliphatic rings. The van der Waals surface area contributed by atoms with Gasteiger partial charge >= 0.3 is 6.09 Å². The minimum Gasteiger partial charge on any atom is -0.446 e. The van der Waals surface area contributed by atoms with Crippen LogP contribution < -0.4 is 10.2 Å². The minimum atomic E-state index is -0.374. The molecule has 1 aromatic heterocycles. The predicted molar refractivity (Wildman–Crippen MR) is 83.6 cm³/mol. The molecule has 0 bridgehead atoms. The maximum absolute atomic E-state index is 11.8. The van der Waals surface area contributed by atoms with Crippen molar-refractivity contribution < 1.29 is 9.53 Å². The molecule has 0 saturated carbocycles. The molecule has 1 amide bonds. The summed E-state index contributed by atoms with van der Waals surface area (Å²) in [5.74, 6) is 0.711. The Kier molecular flexibility index (Phi) is 4.86. The van der Waals surface area contributed by atoms with E-state index in [2.05, 4.69) is 21.3 Å². The van der Waals surface area contributed by atoms with Gasteiger partial charge in [-0.25, -0.2) is 9.78 Å². The summed E-state index contributed by atoms with van der Waals surface area (Å²) in [5.41, 5.74) is 0.278. The van der Waals surface area contributed by atoms with Crippen LogP contribution in [0, 0.1) is 11.3 Å². The van der Waals surface area contributed by atoms with E-state index in [1.54, 1.807) is 18.3 Å². The molecule has 0 unspecified atom stereocenters. The molecule has 2 heterocycles. The van der Waals surface area contributed by atoms with E-state index in [9.17, 15) is 4.79 Å². The molecule has 22 heavy (non-hydrogen) atoms. The van der Waals surface area contributed by atoms with E-state index >= 15 is 0 Å². The van der Waals surface area contributed by atoms with Crippen LogP contribution >= 0.6 is 0 Å². The second-order valence-corrected chi connectivity index (χ2v) is 6.45. The van der Waals surface area contributed by atoms with Gasteiger partial charge in [0, 0.05) is 37.7 Å². The SMILES string of the molecule is CC(C)(C)NC(=O)OC1CCN(c2ncccc2C#N)CC1. The monoisotopic (exact) mass is 302 g/mol. The first-order valence-corrected chi connectivity index (χ1v) is 7.48. The molecule has 0 atom stereocenters. The normalized spacial score (nSPS) is 16.0. The zero-order chi connectivity index (χ0) is 16.2. The summed E-state index contributed by atoms with van der Waals surface area (Å²) < 4.78 is 5.45. The van der Waals surface area contributed by atoms with Gasteiger partial charge in [0.15, 0.2) is 0 Å². The molecule has 0 aromatic carbocycles. The summed E-state index contributed by atoms with van der Waals surface area (Å²) >= 11 is 0. The molecule has 1 N–H and O–H groups in total. The molecule has 1 fully saturated rings. The molecular weight excluding hydrogens is 280 g/mol. The number of carbonyl (C=O) groups excluding carboxylic acids is 1. The molecule has 1 saturated heterocycles. The highest BCUT2D eigenvalue weighted by molar-refractivity contribution is 5.68. The van der Waals surface area contributed by atoms with E-state index in [4.69, 9.17) is 10.00 Å². The van der Waals surface area contributed by atoms with Crippen LogP contribution in [0.2, 0.25) is 0 Å². The Morgan fingerprint density at radius 1 is 1.45 bits per heavy atom. The van der Waals surface area contributed by atoms with E-state index in [0.29, 0.717) is 11.4 Å². The van der Waals surface area contributed by atoms with E-state index in [0.717, 1.165) is 25.9 Å². The molecule has 0 aliphatic carbocycles. The Morgan fingerprint density at radius 2 is 2.14 bits per heavy atom. The number of carbonyl (C=O) groups is 1. The number of nitrogens with one attached hydrogen (secondary N) is 1. The van der Waals surface area contributed by atoms with Gasteiger partial charge in [-0.15, -0.1) is 0 Å². The van der Waals surface area contributed by atoms with Gasteiger partial charge in [0.05, 0.1) is 5.56 Å². The van der Waals surface area contributed by atoms with E-state index in [-0.39, 0.29) is 17.7 Å². The van der Waals surface area contributed by atoms with Crippen LogP contribution in [0.15, 0.2) is 18.3 Å². The number of nitriles is 1. The standard InChI is InChI=1S/C16H22N4O2/c1-16(2,3)19-15(21)22-13-6-9-20(10-7-13)14-12(11-17)5-4-8-18-14/h4-5,8,13H,6-7,9-10H2,1-3H3,(H,19,21). The fraction of sp³-hybridized carbons (Fsp3) is 0.562. The fourth-order valence-electron chi connectivity index (χ4n) is 2.41. The van der Waals surface area contributed by atoms with Gasteiger partial charge in [-0.3, -0.25) is 0 Å². The van der Waals surface area contributed by atoms with Crippen molar-refractivity contribution in [3.8, 4) is 6.07 Å². The van der Waals surface area contributed by atoms with Gasteiger partial charge in [0.1, 0.15) is 18.0 Å². The van der Waals surface area contributed by atoms with Crippen LogP contribution in [0.4, 0.5) is 10.6 Å². The third-order valence-electron chi connectivity index (χ3n) is 3.40. The van der Waals surface area contributed by atoms with Crippen LogP contribution in [-0.4, -0.2) is 35.8 Å². The Bertz CT molecular complexity index is 566. The molecule has 6 nitrogen and oxygen atoms in total. The number of anilines is 1. The lowest BCUT2D eigenvalue weighted by molar-refractivity contribution is 0.0776. The van der Waals surface area contributed by atoms with E-state index < -0.39 is 0 Å². The number of pyridine rings is 1. The minimum absolute atomic E-state index is 0.0900. The van der Waals surface area contributed by atoms with E-state index in [1.165, 1.54) is 0 Å². The van der Waals surface area contributed by atoms with Crippen molar-refractivity contribution >= 4 is 11.9 Å². The number of aromatic nitrogens is 1. The zero-order valence-electron chi connectivity index (χ0n) is 13.3. The molecule has 6 heteroatoms.